The molecule has 0 saturated carbocycles. The highest BCUT2D eigenvalue weighted by Crippen LogP contribution is 2.24. The zero-order valence-electron chi connectivity index (χ0n) is 12.8. The van der Waals surface area contributed by atoms with Gasteiger partial charge in [-0.05, 0) is 35.2 Å². The fraction of sp³-hybridized carbons (Fsp3) is 0.222. The number of thiocarbonyl (C=S) groups is 1. The Morgan fingerprint density at radius 3 is 2.36 bits per heavy atom. The van der Waals surface area contributed by atoms with E-state index in [4.69, 9.17) is 18.0 Å². The molecule has 0 aliphatic rings. The van der Waals surface area contributed by atoms with E-state index >= 15 is 0 Å². The summed E-state index contributed by atoms with van der Waals surface area (Å²) in [5.41, 5.74) is 9.13. The molecule has 4 heteroatoms. The summed E-state index contributed by atoms with van der Waals surface area (Å²) in [5.74, 6) is 0.236. The number of anilines is 1. The third kappa shape index (κ3) is 4.15. The van der Waals surface area contributed by atoms with Crippen molar-refractivity contribution >= 4 is 28.8 Å². The first kappa shape index (κ1) is 16.2. The second-order valence-electron chi connectivity index (χ2n) is 5.54. The molecule has 0 saturated heterocycles. The maximum atomic E-state index is 12.4. The van der Waals surface area contributed by atoms with Crippen molar-refractivity contribution < 1.29 is 4.79 Å². The van der Waals surface area contributed by atoms with Crippen molar-refractivity contribution in [2.75, 3.05) is 5.32 Å². The molecule has 0 aliphatic heterocycles. The number of nitrogens with one attached hydrogen (secondary N) is 1. The van der Waals surface area contributed by atoms with Gasteiger partial charge < -0.3 is 11.1 Å². The van der Waals surface area contributed by atoms with E-state index < -0.39 is 0 Å². The molecule has 2 aromatic carbocycles. The molecule has 0 unspecified atom stereocenters. The van der Waals surface area contributed by atoms with Gasteiger partial charge in [-0.25, -0.2) is 0 Å². The first-order valence-electron chi connectivity index (χ1n) is 7.25. The Morgan fingerprint density at radius 2 is 1.77 bits per heavy atom. The lowest BCUT2D eigenvalue weighted by atomic mass is 10.0. The van der Waals surface area contributed by atoms with Crippen LogP contribution in [0.25, 0.3) is 0 Å². The summed E-state index contributed by atoms with van der Waals surface area (Å²) < 4.78 is 0. The first-order valence-corrected chi connectivity index (χ1v) is 7.65. The number of amides is 1. The Hall–Kier alpha value is -2.20. The molecule has 0 spiro atoms. The third-order valence-electron chi connectivity index (χ3n) is 3.43. The van der Waals surface area contributed by atoms with E-state index in [1.807, 2.05) is 36.4 Å². The Bertz CT molecular complexity index is 678. The van der Waals surface area contributed by atoms with E-state index in [0.717, 1.165) is 16.8 Å². The SMILES string of the molecule is CC(C)c1ccccc1NC(=O)c1ccc(CC(N)=S)cc1. The van der Waals surface area contributed by atoms with Gasteiger partial charge in [0.05, 0.1) is 4.99 Å². The van der Waals surface area contributed by atoms with Gasteiger partial charge in [0.25, 0.3) is 5.91 Å². The number of rotatable bonds is 5. The molecule has 0 aliphatic carbocycles. The zero-order valence-corrected chi connectivity index (χ0v) is 13.6. The largest absolute Gasteiger partial charge is 0.393 e. The summed E-state index contributed by atoms with van der Waals surface area (Å²) in [6.45, 7) is 4.21. The summed E-state index contributed by atoms with van der Waals surface area (Å²) in [7, 11) is 0. The van der Waals surface area contributed by atoms with Crippen molar-refractivity contribution in [1.82, 2.24) is 0 Å². The van der Waals surface area contributed by atoms with E-state index in [-0.39, 0.29) is 5.91 Å². The highest BCUT2D eigenvalue weighted by Gasteiger charge is 2.10. The lowest BCUT2D eigenvalue weighted by molar-refractivity contribution is 0.102. The molecule has 0 fully saturated rings. The van der Waals surface area contributed by atoms with Crippen LogP contribution in [0.4, 0.5) is 5.69 Å². The summed E-state index contributed by atoms with van der Waals surface area (Å²) >= 11 is 4.89. The molecule has 0 bridgehead atoms. The van der Waals surface area contributed by atoms with Gasteiger partial charge in [0.15, 0.2) is 0 Å². The van der Waals surface area contributed by atoms with Crippen LogP contribution in [0.15, 0.2) is 48.5 Å². The van der Waals surface area contributed by atoms with Crippen LogP contribution in [-0.4, -0.2) is 10.9 Å². The van der Waals surface area contributed by atoms with Crippen LogP contribution in [0.5, 0.6) is 0 Å². The summed E-state index contributed by atoms with van der Waals surface area (Å²) in [6.07, 6.45) is 0.549. The van der Waals surface area contributed by atoms with Crippen LogP contribution in [-0.2, 0) is 6.42 Å². The Kier molecular flexibility index (Phi) is 5.28. The second kappa shape index (κ2) is 7.18. The lowest BCUT2D eigenvalue weighted by Gasteiger charge is -2.13. The first-order chi connectivity index (χ1) is 10.5. The van der Waals surface area contributed by atoms with Crippen molar-refractivity contribution in [2.24, 2.45) is 5.73 Å². The third-order valence-corrected chi connectivity index (χ3v) is 3.57. The molecule has 3 nitrogen and oxygen atoms in total. The summed E-state index contributed by atoms with van der Waals surface area (Å²) in [6, 6.07) is 15.2. The Balaban J connectivity index is 2.14. The van der Waals surface area contributed by atoms with Gasteiger partial charge in [0, 0.05) is 17.7 Å². The van der Waals surface area contributed by atoms with Gasteiger partial charge in [-0.15, -0.1) is 0 Å². The van der Waals surface area contributed by atoms with Crippen LogP contribution in [0.3, 0.4) is 0 Å². The molecule has 1 amide bonds. The number of carbonyl (C=O) groups excluding carboxylic acids is 1. The molecular formula is C18H20N2OS. The van der Waals surface area contributed by atoms with E-state index in [0.29, 0.717) is 22.9 Å². The van der Waals surface area contributed by atoms with Gasteiger partial charge >= 0.3 is 0 Å². The van der Waals surface area contributed by atoms with E-state index in [1.54, 1.807) is 12.1 Å². The number of hydrogen-bond acceptors (Lipinski definition) is 2. The highest BCUT2D eigenvalue weighted by molar-refractivity contribution is 7.80. The monoisotopic (exact) mass is 312 g/mol. The molecule has 0 aromatic heterocycles. The van der Waals surface area contributed by atoms with Crippen molar-refractivity contribution in [3.63, 3.8) is 0 Å². The molecule has 0 radical (unpaired) electrons. The maximum absolute atomic E-state index is 12.4. The van der Waals surface area contributed by atoms with Crippen molar-refractivity contribution in [3.8, 4) is 0 Å². The molecule has 2 rings (SSSR count). The average Bonchev–Trinajstić information content (AvgIpc) is 2.47. The fourth-order valence-electron chi connectivity index (χ4n) is 2.28. The smallest absolute Gasteiger partial charge is 0.255 e. The van der Waals surface area contributed by atoms with Crippen LogP contribution >= 0.6 is 12.2 Å². The molecule has 0 heterocycles. The summed E-state index contributed by atoms with van der Waals surface area (Å²) in [5, 5.41) is 2.98. The standard InChI is InChI=1S/C18H20N2OS/c1-12(2)15-5-3-4-6-16(15)20-18(21)14-9-7-13(8-10-14)11-17(19)22/h3-10,12H,11H2,1-2H3,(H2,19,22)(H,20,21). The van der Waals surface area contributed by atoms with E-state index in [1.165, 1.54) is 0 Å². The Morgan fingerprint density at radius 1 is 1.14 bits per heavy atom. The van der Waals surface area contributed by atoms with E-state index in [9.17, 15) is 4.79 Å². The molecule has 3 N–H and O–H groups in total. The average molecular weight is 312 g/mol. The van der Waals surface area contributed by atoms with Crippen LogP contribution < -0.4 is 11.1 Å². The molecular weight excluding hydrogens is 292 g/mol. The number of para-hydroxylation sites is 1. The maximum Gasteiger partial charge on any atom is 0.255 e. The van der Waals surface area contributed by atoms with Gasteiger partial charge in [-0.1, -0.05) is 56.4 Å². The van der Waals surface area contributed by atoms with Crippen LogP contribution in [0, 0.1) is 0 Å². The fourth-order valence-corrected chi connectivity index (χ4v) is 2.45. The number of hydrogen-bond donors (Lipinski definition) is 2. The minimum atomic E-state index is -0.116. The second-order valence-corrected chi connectivity index (χ2v) is 6.06. The van der Waals surface area contributed by atoms with Crippen LogP contribution in [0.2, 0.25) is 0 Å². The quantitative estimate of drug-likeness (QED) is 0.824. The van der Waals surface area contributed by atoms with E-state index in [2.05, 4.69) is 19.2 Å². The Labute approximate surface area is 136 Å². The number of benzene rings is 2. The number of nitrogens with two attached hydrogens (primary N) is 1. The van der Waals surface area contributed by atoms with Gasteiger partial charge in [0.2, 0.25) is 0 Å². The zero-order chi connectivity index (χ0) is 16.1. The normalized spacial score (nSPS) is 10.5. The highest BCUT2D eigenvalue weighted by atomic mass is 32.1. The summed E-state index contributed by atoms with van der Waals surface area (Å²) in [4.78, 5) is 12.8. The minimum Gasteiger partial charge on any atom is -0.393 e. The van der Waals surface area contributed by atoms with Crippen molar-refractivity contribution in [2.45, 2.75) is 26.2 Å². The predicted molar refractivity (Wildman–Crippen MR) is 95.4 cm³/mol. The topological polar surface area (TPSA) is 55.1 Å². The van der Waals surface area contributed by atoms with Gasteiger partial charge in [-0.2, -0.15) is 0 Å². The van der Waals surface area contributed by atoms with Crippen molar-refractivity contribution in [1.29, 1.82) is 0 Å². The lowest BCUT2D eigenvalue weighted by Crippen LogP contribution is -2.14. The molecule has 2 aromatic rings. The molecule has 0 atom stereocenters. The molecule has 114 valence electrons. The minimum absolute atomic E-state index is 0.116. The van der Waals surface area contributed by atoms with Gasteiger partial charge in [0.1, 0.15) is 0 Å². The van der Waals surface area contributed by atoms with Gasteiger partial charge in [-0.3, -0.25) is 4.79 Å². The number of carbonyl (C=O) groups is 1. The predicted octanol–water partition coefficient (Wildman–Crippen LogP) is 3.89. The van der Waals surface area contributed by atoms with Crippen molar-refractivity contribution in [3.05, 3.63) is 65.2 Å². The molecule has 22 heavy (non-hydrogen) atoms. The van der Waals surface area contributed by atoms with Crippen LogP contribution in [0.1, 0.15) is 41.3 Å².